The fraction of sp³-hybridized carbons (Fsp3) is 0.333. The molecule has 2 aromatic heterocycles. The number of benzene rings is 1. The van der Waals surface area contributed by atoms with Gasteiger partial charge < -0.3 is 31.9 Å². The SMILES string of the molecule is NC(=O)c1nnc(N[C@@H]2CCOC[C@@H]2N)nc1Nc1ccc2nn(C(F)F)cc2c1.O=CO. The van der Waals surface area contributed by atoms with Crippen LogP contribution >= 0.6 is 0 Å². The number of nitrogens with zero attached hydrogens (tertiary/aromatic N) is 5. The van der Waals surface area contributed by atoms with Gasteiger partial charge in [0.15, 0.2) is 11.5 Å². The summed E-state index contributed by atoms with van der Waals surface area (Å²) in [6.45, 7) is -2.04. The van der Waals surface area contributed by atoms with Gasteiger partial charge in [-0.1, -0.05) is 0 Å². The van der Waals surface area contributed by atoms with E-state index in [2.05, 4.69) is 30.9 Å². The number of anilines is 3. The number of nitrogens with two attached hydrogens (primary N) is 2. The maximum atomic E-state index is 12.8. The number of primary amides is 1. The highest BCUT2D eigenvalue weighted by molar-refractivity contribution is 5.96. The fourth-order valence-corrected chi connectivity index (χ4v) is 3.10. The van der Waals surface area contributed by atoms with Crippen LogP contribution in [0.1, 0.15) is 23.5 Å². The molecule has 0 unspecified atom stereocenters. The van der Waals surface area contributed by atoms with Crippen molar-refractivity contribution in [3.8, 4) is 0 Å². The number of hydrogen-bond donors (Lipinski definition) is 5. The van der Waals surface area contributed by atoms with Gasteiger partial charge >= 0.3 is 6.55 Å². The largest absolute Gasteiger partial charge is 0.483 e. The lowest BCUT2D eigenvalue weighted by Crippen LogP contribution is -2.48. The molecule has 15 heteroatoms. The molecule has 3 aromatic rings. The molecule has 1 aromatic carbocycles. The zero-order chi connectivity index (χ0) is 24.0. The molecule has 0 radical (unpaired) electrons. The highest BCUT2D eigenvalue weighted by Gasteiger charge is 2.24. The van der Waals surface area contributed by atoms with Crippen molar-refractivity contribution in [2.45, 2.75) is 25.1 Å². The Kier molecular flexibility index (Phi) is 7.57. The van der Waals surface area contributed by atoms with E-state index in [1.54, 1.807) is 18.2 Å². The standard InChI is InChI=1S/C17H19F2N9O2.CH2O2/c18-16(19)28-6-8-5-9(1-2-11(8)27-28)22-15-13(14(21)29)25-26-17(24-15)23-12-3-4-30-7-10(12)20;2-1-3/h1-2,5-6,10,12,16H,3-4,7,20H2,(H2,21,29)(H2,22,23,24,26);1H,(H,2,3)/t10-,12+;/m0./s1. The third-order valence-corrected chi connectivity index (χ3v) is 4.62. The second-order valence-corrected chi connectivity index (χ2v) is 6.87. The van der Waals surface area contributed by atoms with Gasteiger partial charge in [0.2, 0.25) is 5.95 Å². The fourth-order valence-electron chi connectivity index (χ4n) is 3.10. The molecule has 1 aliphatic rings. The van der Waals surface area contributed by atoms with Crippen LogP contribution in [-0.4, -0.2) is 67.7 Å². The predicted octanol–water partition coefficient (Wildman–Crippen LogP) is 0.688. The van der Waals surface area contributed by atoms with E-state index >= 15 is 0 Å². The normalized spacial score (nSPS) is 17.8. The van der Waals surface area contributed by atoms with E-state index in [1.165, 1.54) is 6.20 Å². The molecular formula is C18H21F2N9O4. The second kappa shape index (κ2) is 10.6. The van der Waals surface area contributed by atoms with Gasteiger partial charge in [-0.15, -0.1) is 10.2 Å². The van der Waals surface area contributed by atoms with Crippen molar-refractivity contribution in [3.63, 3.8) is 0 Å². The maximum absolute atomic E-state index is 12.8. The topological polar surface area (TPSA) is 196 Å². The molecule has 1 amide bonds. The molecule has 0 aliphatic carbocycles. The third-order valence-electron chi connectivity index (χ3n) is 4.62. The molecule has 3 heterocycles. The molecule has 1 aliphatic heterocycles. The van der Waals surface area contributed by atoms with Crippen LogP contribution in [0, 0.1) is 0 Å². The van der Waals surface area contributed by atoms with E-state index in [4.69, 9.17) is 26.1 Å². The van der Waals surface area contributed by atoms with E-state index in [-0.39, 0.29) is 36.0 Å². The summed E-state index contributed by atoms with van der Waals surface area (Å²) in [5.41, 5.74) is 12.1. The van der Waals surface area contributed by atoms with Crippen molar-refractivity contribution in [1.82, 2.24) is 25.0 Å². The molecule has 7 N–H and O–H groups in total. The molecule has 33 heavy (non-hydrogen) atoms. The number of alkyl halides is 2. The van der Waals surface area contributed by atoms with Gasteiger partial charge in [0, 0.05) is 36.0 Å². The maximum Gasteiger partial charge on any atom is 0.333 e. The highest BCUT2D eigenvalue weighted by Crippen LogP contribution is 2.24. The van der Waals surface area contributed by atoms with Gasteiger partial charge in [-0.3, -0.25) is 9.59 Å². The lowest BCUT2D eigenvalue weighted by Gasteiger charge is -2.29. The van der Waals surface area contributed by atoms with Crippen molar-refractivity contribution in [1.29, 1.82) is 0 Å². The summed E-state index contributed by atoms with van der Waals surface area (Å²) in [5, 5.41) is 24.9. The molecule has 0 bridgehead atoms. The number of fused-ring (bicyclic) bond motifs is 1. The van der Waals surface area contributed by atoms with Crippen molar-refractivity contribution >= 4 is 40.7 Å². The van der Waals surface area contributed by atoms with Gasteiger partial charge in [0.25, 0.3) is 12.4 Å². The summed E-state index contributed by atoms with van der Waals surface area (Å²) < 4.78 is 31.6. The molecule has 1 saturated heterocycles. The Labute approximate surface area is 185 Å². The number of nitrogens with one attached hydrogen (secondary N) is 2. The minimum absolute atomic E-state index is 0.0706. The summed E-state index contributed by atoms with van der Waals surface area (Å²) in [6, 6.07) is 4.40. The molecule has 13 nitrogen and oxygen atoms in total. The summed E-state index contributed by atoms with van der Waals surface area (Å²) in [5.74, 6) is -0.587. The van der Waals surface area contributed by atoms with Crippen LogP contribution in [0.25, 0.3) is 10.9 Å². The summed E-state index contributed by atoms with van der Waals surface area (Å²) in [6.07, 6.45) is 1.88. The van der Waals surface area contributed by atoms with Gasteiger partial charge in [-0.2, -0.15) is 18.9 Å². The molecule has 0 saturated carbocycles. The van der Waals surface area contributed by atoms with E-state index in [9.17, 15) is 13.6 Å². The van der Waals surface area contributed by atoms with Crippen molar-refractivity contribution in [3.05, 3.63) is 30.1 Å². The zero-order valence-electron chi connectivity index (χ0n) is 17.1. The molecule has 176 valence electrons. The van der Waals surface area contributed by atoms with Gasteiger partial charge in [0.05, 0.1) is 12.1 Å². The number of carboxylic acid groups (broad SMARTS) is 1. The van der Waals surface area contributed by atoms with E-state index < -0.39 is 12.5 Å². The summed E-state index contributed by atoms with van der Waals surface area (Å²) in [7, 11) is 0. The minimum Gasteiger partial charge on any atom is -0.483 e. The average Bonchev–Trinajstić information content (AvgIpc) is 3.20. The first-order chi connectivity index (χ1) is 15.8. The predicted molar refractivity (Wildman–Crippen MR) is 112 cm³/mol. The lowest BCUT2D eigenvalue weighted by atomic mass is 10.1. The number of carbonyl (C=O) groups excluding carboxylic acids is 1. The van der Waals surface area contributed by atoms with Crippen LogP contribution in [0.2, 0.25) is 0 Å². The van der Waals surface area contributed by atoms with Crippen molar-refractivity contribution in [2.75, 3.05) is 23.8 Å². The number of rotatable bonds is 6. The molecule has 1 fully saturated rings. The van der Waals surface area contributed by atoms with Crippen LogP contribution in [0.3, 0.4) is 0 Å². The number of hydrogen-bond acceptors (Lipinski definition) is 10. The highest BCUT2D eigenvalue weighted by atomic mass is 19.3. The molecule has 2 atom stereocenters. The van der Waals surface area contributed by atoms with Crippen LogP contribution in [-0.2, 0) is 9.53 Å². The first kappa shape index (κ1) is 23.7. The average molecular weight is 465 g/mol. The Bertz CT molecular complexity index is 1130. The third kappa shape index (κ3) is 5.83. The van der Waals surface area contributed by atoms with Gasteiger partial charge in [-0.25, -0.2) is 4.68 Å². The number of amides is 1. The van der Waals surface area contributed by atoms with Gasteiger partial charge in [-0.05, 0) is 24.6 Å². The van der Waals surface area contributed by atoms with Crippen LogP contribution in [0.4, 0.5) is 26.2 Å². The number of aromatic nitrogens is 5. The van der Waals surface area contributed by atoms with Gasteiger partial charge in [0.1, 0.15) is 0 Å². The summed E-state index contributed by atoms with van der Waals surface area (Å²) in [4.78, 5) is 24.4. The number of ether oxygens (including phenoxy) is 1. The first-order valence-electron chi connectivity index (χ1n) is 9.58. The second-order valence-electron chi connectivity index (χ2n) is 6.87. The zero-order valence-corrected chi connectivity index (χ0v) is 17.1. The van der Waals surface area contributed by atoms with Crippen LogP contribution < -0.4 is 22.1 Å². The smallest absolute Gasteiger partial charge is 0.333 e. The first-order valence-corrected chi connectivity index (χ1v) is 9.58. The van der Waals surface area contributed by atoms with Crippen molar-refractivity contribution in [2.24, 2.45) is 11.5 Å². The Hall–Kier alpha value is -3.98. The lowest BCUT2D eigenvalue weighted by molar-refractivity contribution is -0.122. The Morgan fingerprint density at radius 3 is 2.79 bits per heavy atom. The quantitative estimate of drug-likeness (QED) is 0.321. The number of carbonyl (C=O) groups is 2. The summed E-state index contributed by atoms with van der Waals surface area (Å²) >= 11 is 0. The molecular weight excluding hydrogens is 444 g/mol. The monoisotopic (exact) mass is 465 g/mol. The van der Waals surface area contributed by atoms with E-state index in [1.807, 2.05) is 0 Å². The molecule has 4 rings (SSSR count). The van der Waals surface area contributed by atoms with Crippen LogP contribution in [0.5, 0.6) is 0 Å². The van der Waals surface area contributed by atoms with E-state index in [0.29, 0.717) is 40.9 Å². The van der Waals surface area contributed by atoms with Crippen molar-refractivity contribution < 1.29 is 28.2 Å². The molecule has 0 spiro atoms. The Morgan fingerprint density at radius 1 is 1.36 bits per heavy atom. The van der Waals surface area contributed by atoms with Crippen LogP contribution in [0.15, 0.2) is 24.4 Å². The Morgan fingerprint density at radius 2 is 2.12 bits per heavy atom. The van der Waals surface area contributed by atoms with E-state index in [0.717, 1.165) is 0 Å². The number of halogens is 2. The Balaban J connectivity index is 0.000000968. The minimum atomic E-state index is -2.74.